The van der Waals surface area contributed by atoms with Crippen LogP contribution in [-0.4, -0.2) is 18.4 Å². The number of carbonyl (C=O) groups excluding carboxylic acids is 2. The first-order valence-electron chi connectivity index (χ1n) is 8.30. The maximum atomic E-state index is 12.7. The third kappa shape index (κ3) is 3.33. The van der Waals surface area contributed by atoms with Crippen molar-refractivity contribution in [3.05, 3.63) is 56.3 Å². The molecule has 0 bridgehead atoms. The number of ether oxygens (including phenoxy) is 1. The Morgan fingerprint density at radius 3 is 2.72 bits per heavy atom. The summed E-state index contributed by atoms with van der Waals surface area (Å²) in [6.07, 6.45) is 2.07. The smallest absolute Gasteiger partial charge is 0.336 e. The number of dihydropyridines is 1. The lowest BCUT2D eigenvalue weighted by Crippen LogP contribution is -2.34. The van der Waals surface area contributed by atoms with Gasteiger partial charge < -0.3 is 10.1 Å². The molecule has 0 saturated heterocycles. The van der Waals surface area contributed by atoms with Crippen LogP contribution in [-0.2, 0) is 14.3 Å². The van der Waals surface area contributed by atoms with Crippen LogP contribution in [0.5, 0.6) is 0 Å². The van der Waals surface area contributed by atoms with Crippen molar-refractivity contribution in [3.63, 3.8) is 0 Å². The molecule has 1 aromatic carbocycles. The minimum atomic E-state index is -0.488. The second-order valence-electron chi connectivity index (χ2n) is 6.16. The van der Waals surface area contributed by atoms with E-state index in [1.165, 1.54) is 0 Å². The Labute approximate surface area is 156 Å². The lowest BCUT2D eigenvalue weighted by Gasteiger charge is -2.34. The molecule has 0 amide bonds. The van der Waals surface area contributed by atoms with Gasteiger partial charge >= 0.3 is 5.97 Å². The average Bonchev–Trinajstić information content (AvgIpc) is 2.56. The van der Waals surface area contributed by atoms with Crippen LogP contribution < -0.4 is 5.32 Å². The van der Waals surface area contributed by atoms with E-state index in [0.717, 1.165) is 24.1 Å². The lowest BCUT2D eigenvalue weighted by atomic mass is 9.75. The summed E-state index contributed by atoms with van der Waals surface area (Å²) in [5.74, 6) is -0.856. The normalized spacial score (nSPS) is 20.3. The minimum absolute atomic E-state index is 0.0547. The number of halogens is 2. The fourth-order valence-electron chi connectivity index (χ4n) is 3.49. The van der Waals surface area contributed by atoms with Gasteiger partial charge in [0.1, 0.15) is 0 Å². The maximum Gasteiger partial charge on any atom is 0.336 e. The van der Waals surface area contributed by atoms with E-state index >= 15 is 0 Å². The van der Waals surface area contributed by atoms with Crippen molar-refractivity contribution in [2.45, 2.75) is 39.0 Å². The first-order chi connectivity index (χ1) is 11.9. The van der Waals surface area contributed by atoms with Crippen LogP contribution >= 0.6 is 23.2 Å². The molecule has 25 heavy (non-hydrogen) atoms. The molecule has 0 saturated carbocycles. The Bertz CT molecular complexity index is 811. The van der Waals surface area contributed by atoms with Crippen molar-refractivity contribution in [2.75, 3.05) is 6.61 Å². The topological polar surface area (TPSA) is 55.4 Å². The number of allylic oxidation sites excluding steroid dienone is 3. The maximum absolute atomic E-state index is 12.7. The molecule has 0 radical (unpaired) electrons. The monoisotopic (exact) mass is 379 g/mol. The van der Waals surface area contributed by atoms with E-state index in [4.69, 9.17) is 27.9 Å². The SMILES string of the molecule is CCOC(=O)C1=C(C)NC2=C(C(=O)CCC2)[C@@H]1c1ccc(Cl)c(Cl)c1. The van der Waals surface area contributed by atoms with E-state index in [2.05, 4.69) is 5.32 Å². The molecule has 3 rings (SSSR count). The molecule has 1 atom stereocenters. The molecule has 0 aromatic heterocycles. The molecule has 1 N–H and O–H groups in total. The summed E-state index contributed by atoms with van der Waals surface area (Å²) < 4.78 is 5.24. The van der Waals surface area contributed by atoms with E-state index in [1.807, 2.05) is 13.0 Å². The molecular weight excluding hydrogens is 361 g/mol. The number of Topliss-reactive ketones (excluding diaryl/α,β-unsaturated/α-hetero) is 1. The van der Waals surface area contributed by atoms with Crippen LogP contribution in [0.3, 0.4) is 0 Å². The summed E-state index contributed by atoms with van der Waals surface area (Å²) in [5, 5.41) is 4.07. The molecule has 6 heteroatoms. The van der Waals surface area contributed by atoms with E-state index in [1.54, 1.807) is 19.1 Å². The number of carbonyl (C=O) groups is 2. The molecule has 4 nitrogen and oxygen atoms in total. The summed E-state index contributed by atoms with van der Waals surface area (Å²) in [6.45, 7) is 3.86. The lowest BCUT2D eigenvalue weighted by molar-refractivity contribution is -0.138. The zero-order valence-corrected chi connectivity index (χ0v) is 15.6. The van der Waals surface area contributed by atoms with E-state index in [0.29, 0.717) is 33.3 Å². The van der Waals surface area contributed by atoms with Gasteiger partial charge in [-0.1, -0.05) is 29.3 Å². The Morgan fingerprint density at radius 2 is 2.04 bits per heavy atom. The molecule has 1 aromatic rings. The third-order valence-electron chi connectivity index (χ3n) is 4.55. The van der Waals surface area contributed by atoms with Gasteiger partial charge in [0.2, 0.25) is 0 Å². The van der Waals surface area contributed by atoms with Crippen molar-refractivity contribution in [2.24, 2.45) is 0 Å². The van der Waals surface area contributed by atoms with Gasteiger partial charge in [0.15, 0.2) is 5.78 Å². The van der Waals surface area contributed by atoms with Gasteiger partial charge in [-0.3, -0.25) is 4.79 Å². The van der Waals surface area contributed by atoms with Gasteiger partial charge in [-0.15, -0.1) is 0 Å². The van der Waals surface area contributed by atoms with Crippen molar-refractivity contribution in [1.29, 1.82) is 0 Å². The van der Waals surface area contributed by atoms with Gasteiger partial charge in [-0.25, -0.2) is 4.79 Å². The number of nitrogens with one attached hydrogen (secondary N) is 1. The van der Waals surface area contributed by atoms with Gasteiger partial charge in [0.05, 0.1) is 22.2 Å². The average molecular weight is 380 g/mol. The standard InChI is InChI=1S/C19H19Cl2NO3/c1-3-25-19(24)16-10(2)22-14-5-4-6-15(23)18(14)17(16)11-7-8-12(20)13(21)9-11/h7-9,17,22H,3-6H2,1-2H3/t17-/m1/s1. The highest BCUT2D eigenvalue weighted by molar-refractivity contribution is 6.42. The number of rotatable bonds is 3. The first-order valence-corrected chi connectivity index (χ1v) is 9.05. The quantitative estimate of drug-likeness (QED) is 0.784. The van der Waals surface area contributed by atoms with Crippen LogP contribution in [0.2, 0.25) is 10.0 Å². The summed E-state index contributed by atoms with van der Waals surface area (Å²) >= 11 is 12.2. The van der Waals surface area contributed by atoms with Crippen molar-refractivity contribution in [1.82, 2.24) is 5.32 Å². The van der Waals surface area contributed by atoms with Crippen LogP contribution in [0.4, 0.5) is 0 Å². The Balaban J connectivity index is 2.18. The zero-order chi connectivity index (χ0) is 18.1. The number of ketones is 1. The second-order valence-corrected chi connectivity index (χ2v) is 6.97. The number of esters is 1. The molecule has 0 unspecified atom stereocenters. The predicted molar refractivity (Wildman–Crippen MR) is 97.6 cm³/mol. The van der Waals surface area contributed by atoms with E-state index in [-0.39, 0.29) is 12.4 Å². The highest BCUT2D eigenvalue weighted by Crippen LogP contribution is 2.43. The summed E-state index contributed by atoms with van der Waals surface area (Å²) in [5.41, 5.74) is 3.45. The zero-order valence-electron chi connectivity index (χ0n) is 14.1. The fraction of sp³-hybridized carbons (Fsp3) is 0.368. The molecular formula is C19H19Cl2NO3. The Morgan fingerprint density at radius 1 is 1.28 bits per heavy atom. The number of hydrogen-bond acceptors (Lipinski definition) is 4. The summed E-state index contributed by atoms with van der Waals surface area (Å²) in [6, 6.07) is 5.22. The van der Waals surface area contributed by atoms with Crippen LogP contribution in [0.25, 0.3) is 0 Å². The van der Waals surface area contributed by atoms with Crippen LogP contribution in [0, 0.1) is 0 Å². The molecule has 2 aliphatic rings. The van der Waals surface area contributed by atoms with Crippen molar-refractivity contribution < 1.29 is 14.3 Å². The predicted octanol–water partition coefficient (Wildman–Crippen LogP) is 4.52. The number of benzene rings is 1. The van der Waals surface area contributed by atoms with Gasteiger partial charge in [-0.05, 0) is 44.4 Å². The van der Waals surface area contributed by atoms with Gasteiger partial charge in [-0.2, -0.15) is 0 Å². The minimum Gasteiger partial charge on any atom is -0.463 e. The van der Waals surface area contributed by atoms with Gasteiger partial charge in [0.25, 0.3) is 0 Å². The van der Waals surface area contributed by atoms with Crippen LogP contribution in [0.15, 0.2) is 40.7 Å². The molecule has 0 spiro atoms. The molecule has 1 aliphatic carbocycles. The van der Waals surface area contributed by atoms with E-state index < -0.39 is 11.9 Å². The highest BCUT2D eigenvalue weighted by atomic mass is 35.5. The highest BCUT2D eigenvalue weighted by Gasteiger charge is 2.39. The van der Waals surface area contributed by atoms with Gasteiger partial charge in [0, 0.05) is 29.3 Å². The second kappa shape index (κ2) is 7.22. The van der Waals surface area contributed by atoms with Crippen LogP contribution in [0.1, 0.15) is 44.6 Å². The molecule has 1 heterocycles. The molecule has 1 aliphatic heterocycles. The largest absolute Gasteiger partial charge is 0.463 e. The molecule has 0 fully saturated rings. The number of hydrogen-bond donors (Lipinski definition) is 1. The van der Waals surface area contributed by atoms with E-state index in [9.17, 15) is 9.59 Å². The van der Waals surface area contributed by atoms with Crippen molar-refractivity contribution in [3.8, 4) is 0 Å². The van der Waals surface area contributed by atoms with Crippen molar-refractivity contribution >= 4 is 35.0 Å². The Hall–Kier alpha value is -1.78. The summed E-state index contributed by atoms with van der Waals surface area (Å²) in [7, 11) is 0. The third-order valence-corrected chi connectivity index (χ3v) is 5.29. The Kier molecular flexibility index (Phi) is 5.21. The summed E-state index contributed by atoms with van der Waals surface area (Å²) in [4.78, 5) is 25.3. The fourth-order valence-corrected chi connectivity index (χ4v) is 3.79. The molecule has 132 valence electrons. The first kappa shape index (κ1) is 18.0.